The number of pyridine rings is 1. The number of ether oxygens (including phenoxy) is 1. The van der Waals surface area contributed by atoms with Gasteiger partial charge in [-0.15, -0.1) is 0 Å². The van der Waals surface area contributed by atoms with Gasteiger partial charge in [0.05, 0.1) is 11.1 Å². The Balaban J connectivity index is 1.54. The van der Waals surface area contributed by atoms with Crippen molar-refractivity contribution in [3.63, 3.8) is 0 Å². The van der Waals surface area contributed by atoms with Gasteiger partial charge in [-0.2, -0.15) is 5.10 Å². The summed E-state index contributed by atoms with van der Waals surface area (Å²) in [5.74, 6) is 1.57. The fourth-order valence-electron chi connectivity index (χ4n) is 3.04. The number of aromatic nitrogens is 5. The summed E-state index contributed by atoms with van der Waals surface area (Å²) in [5, 5.41) is 5.67. The number of hydrogen-bond donors (Lipinski definition) is 0. The van der Waals surface area contributed by atoms with Gasteiger partial charge < -0.3 is 4.74 Å². The van der Waals surface area contributed by atoms with Crippen LogP contribution >= 0.6 is 0 Å². The number of benzene rings is 2. The Bertz CT molecular complexity index is 1220. The summed E-state index contributed by atoms with van der Waals surface area (Å²) in [6.07, 6.45) is 6.79. The molecular weight excluding hydrogens is 350 g/mol. The second kappa shape index (κ2) is 6.92. The third-order valence-corrected chi connectivity index (χ3v) is 4.36. The van der Waals surface area contributed by atoms with E-state index in [1.54, 1.807) is 18.6 Å². The lowest BCUT2D eigenvalue weighted by Crippen LogP contribution is -1.97. The molecule has 28 heavy (non-hydrogen) atoms. The molecule has 6 heteroatoms. The molecule has 2 aromatic carbocycles. The Morgan fingerprint density at radius 1 is 0.750 bits per heavy atom. The van der Waals surface area contributed by atoms with Gasteiger partial charge in [0.2, 0.25) is 0 Å². The van der Waals surface area contributed by atoms with E-state index in [0.29, 0.717) is 0 Å². The van der Waals surface area contributed by atoms with Crippen LogP contribution in [0.15, 0.2) is 91.6 Å². The zero-order valence-corrected chi connectivity index (χ0v) is 14.8. The first kappa shape index (κ1) is 16.1. The highest BCUT2D eigenvalue weighted by atomic mass is 16.5. The third-order valence-electron chi connectivity index (χ3n) is 4.36. The first-order valence-corrected chi connectivity index (χ1v) is 8.81. The molecule has 6 nitrogen and oxygen atoms in total. The Morgan fingerprint density at radius 2 is 1.50 bits per heavy atom. The van der Waals surface area contributed by atoms with Gasteiger partial charge in [-0.25, -0.2) is 14.6 Å². The molecule has 0 aliphatic rings. The normalized spacial score (nSPS) is 10.9. The summed E-state index contributed by atoms with van der Waals surface area (Å²) in [4.78, 5) is 12.7. The Morgan fingerprint density at radius 3 is 2.29 bits per heavy atom. The quantitative estimate of drug-likeness (QED) is 0.463. The molecule has 0 aliphatic heterocycles. The monoisotopic (exact) mass is 365 g/mol. The number of nitrogens with zero attached hydrogens (tertiary/aromatic N) is 5. The second-order valence-corrected chi connectivity index (χ2v) is 6.17. The van der Waals surface area contributed by atoms with Gasteiger partial charge in [0.1, 0.15) is 23.5 Å². The molecule has 0 bridgehead atoms. The van der Waals surface area contributed by atoms with Crippen molar-refractivity contribution < 1.29 is 4.74 Å². The maximum atomic E-state index is 5.87. The average Bonchev–Trinajstić information content (AvgIpc) is 3.15. The predicted molar refractivity (Wildman–Crippen MR) is 106 cm³/mol. The van der Waals surface area contributed by atoms with Gasteiger partial charge in [-0.1, -0.05) is 18.2 Å². The standard InChI is InChI=1S/C22H15N5O/c1-2-4-18(5-3-1)28-19-8-6-16(7-9-19)21-20-14-24-15-25-22(20)27(26-21)17-10-12-23-13-11-17/h1-15H. The highest BCUT2D eigenvalue weighted by Gasteiger charge is 2.15. The number of hydrogen-bond acceptors (Lipinski definition) is 5. The Labute approximate surface area is 161 Å². The van der Waals surface area contributed by atoms with Gasteiger partial charge in [0.25, 0.3) is 0 Å². The van der Waals surface area contributed by atoms with Crippen LogP contribution in [0, 0.1) is 0 Å². The molecule has 3 aromatic heterocycles. The summed E-state index contributed by atoms with van der Waals surface area (Å²) < 4.78 is 7.68. The van der Waals surface area contributed by atoms with E-state index in [9.17, 15) is 0 Å². The van der Waals surface area contributed by atoms with Crippen LogP contribution in [0.25, 0.3) is 28.0 Å². The summed E-state index contributed by atoms with van der Waals surface area (Å²) >= 11 is 0. The maximum absolute atomic E-state index is 5.87. The summed E-state index contributed by atoms with van der Waals surface area (Å²) in [7, 11) is 0. The van der Waals surface area contributed by atoms with Crippen LogP contribution < -0.4 is 4.74 Å². The highest BCUT2D eigenvalue weighted by Crippen LogP contribution is 2.30. The number of rotatable bonds is 4. The van der Waals surface area contributed by atoms with Crippen molar-refractivity contribution in [2.45, 2.75) is 0 Å². The average molecular weight is 365 g/mol. The Kier molecular flexibility index (Phi) is 3.99. The molecule has 0 saturated carbocycles. The van der Waals surface area contributed by atoms with Crippen LogP contribution in [0.4, 0.5) is 0 Å². The van der Waals surface area contributed by atoms with Crippen molar-refractivity contribution in [3.05, 3.63) is 91.6 Å². The minimum atomic E-state index is 0.751. The van der Waals surface area contributed by atoms with Gasteiger partial charge in [0.15, 0.2) is 5.65 Å². The largest absolute Gasteiger partial charge is 0.457 e. The molecule has 5 aromatic rings. The van der Waals surface area contributed by atoms with Crippen molar-refractivity contribution in [2.24, 2.45) is 0 Å². The minimum absolute atomic E-state index is 0.751. The summed E-state index contributed by atoms with van der Waals surface area (Å²) in [6, 6.07) is 21.3. The van der Waals surface area contributed by atoms with Gasteiger partial charge in [0, 0.05) is 24.2 Å². The van der Waals surface area contributed by atoms with E-state index in [0.717, 1.165) is 39.5 Å². The first-order valence-electron chi connectivity index (χ1n) is 8.81. The lowest BCUT2D eigenvalue weighted by Gasteiger charge is -2.06. The third kappa shape index (κ3) is 2.97. The van der Waals surface area contributed by atoms with E-state index in [1.807, 2.05) is 71.4 Å². The Hall–Kier alpha value is -4.06. The molecule has 0 radical (unpaired) electrons. The zero-order valence-electron chi connectivity index (χ0n) is 14.8. The van der Waals surface area contributed by atoms with Crippen molar-refractivity contribution in [2.75, 3.05) is 0 Å². The zero-order chi connectivity index (χ0) is 18.8. The van der Waals surface area contributed by atoms with E-state index >= 15 is 0 Å². The van der Waals surface area contributed by atoms with E-state index in [1.165, 1.54) is 6.33 Å². The predicted octanol–water partition coefficient (Wildman–Crippen LogP) is 4.67. The first-order chi connectivity index (χ1) is 13.9. The van der Waals surface area contributed by atoms with Crippen LogP contribution in [0.3, 0.4) is 0 Å². The molecule has 0 saturated heterocycles. The molecule has 134 valence electrons. The molecular formula is C22H15N5O. The lowest BCUT2D eigenvalue weighted by molar-refractivity contribution is 0.483. The van der Waals surface area contributed by atoms with Crippen molar-refractivity contribution in [1.82, 2.24) is 24.7 Å². The fraction of sp³-hybridized carbons (Fsp3) is 0. The van der Waals surface area contributed by atoms with Crippen molar-refractivity contribution in [1.29, 1.82) is 0 Å². The van der Waals surface area contributed by atoms with Crippen molar-refractivity contribution >= 4 is 11.0 Å². The van der Waals surface area contributed by atoms with E-state index in [4.69, 9.17) is 9.84 Å². The molecule has 0 aliphatic carbocycles. The van der Waals surface area contributed by atoms with Crippen LogP contribution in [0.2, 0.25) is 0 Å². The highest BCUT2D eigenvalue weighted by molar-refractivity contribution is 5.91. The molecule has 5 rings (SSSR count). The molecule has 3 heterocycles. The summed E-state index contributed by atoms with van der Waals surface area (Å²) in [5.41, 5.74) is 3.43. The molecule has 0 spiro atoms. The van der Waals surface area contributed by atoms with Gasteiger partial charge in [-0.3, -0.25) is 4.98 Å². The minimum Gasteiger partial charge on any atom is -0.457 e. The van der Waals surface area contributed by atoms with Gasteiger partial charge in [-0.05, 0) is 48.5 Å². The SMILES string of the molecule is c1ccc(Oc2ccc(-c3nn(-c4ccncc4)c4ncncc34)cc2)cc1. The smallest absolute Gasteiger partial charge is 0.166 e. The van der Waals surface area contributed by atoms with Crippen LogP contribution in [0.5, 0.6) is 11.5 Å². The fourth-order valence-corrected chi connectivity index (χ4v) is 3.04. The van der Waals surface area contributed by atoms with Crippen LogP contribution in [-0.2, 0) is 0 Å². The van der Waals surface area contributed by atoms with E-state index in [-0.39, 0.29) is 0 Å². The summed E-state index contributed by atoms with van der Waals surface area (Å²) in [6.45, 7) is 0. The topological polar surface area (TPSA) is 65.7 Å². The van der Waals surface area contributed by atoms with E-state index in [2.05, 4.69) is 15.0 Å². The lowest BCUT2D eigenvalue weighted by atomic mass is 10.1. The molecule has 0 atom stereocenters. The molecule has 0 fully saturated rings. The molecule has 0 N–H and O–H groups in total. The molecule has 0 amide bonds. The van der Waals surface area contributed by atoms with E-state index < -0.39 is 0 Å². The second-order valence-electron chi connectivity index (χ2n) is 6.17. The maximum Gasteiger partial charge on any atom is 0.166 e. The number of para-hydroxylation sites is 1. The van der Waals surface area contributed by atoms with Crippen molar-refractivity contribution in [3.8, 4) is 28.4 Å². The van der Waals surface area contributed by atoms with Crippen LogP contribution in [0.1, 0.15) is 0 Å². The molecule has 0 unspecified atom stereocenters. The number of fused-ring (bicyclic) bond motifs is 1. The van der Waals surface area contributed by atoms with Crippen LogP contribution in [-0.4, -0.2) is 24.7 Å². The van der Waals surface area contributed by atoms with Gasteiger partial charge >= 0.3 is 0 Å².